The maximum Gasteiger partial charge on any atom is 0.220 e. The fourth-order valence-electron chi connectivity index (χ4n) is 3.06. The molecule has 1 aromatic rings. The fraction of sp³-hybridized carbons (Fsp3) is 0.611. The van der Waals surface area contributed by atoms with E-state index in [-0.39, 0.29) is 12.5 Å². The number of nitrogens with one attached hydrogen (secondary N) is 1. The SMILES string of the molecule is O=C(CCC1CCCCC1)NCCc1ccc(CO)cc1. The van der Waals surface area contributed by atoms with Crippen LogP contribution in [0.25, 0.3) is 0 Å². The Morgan fingerprint density at radius 1 is 1.10 bits per heavy atom. The smallest absolute Gasteiger partial charge is 0.220 e. The molecule has 1 fully saturated rings. The van der Waals surface area contributed by atoms with Crippen molar-refractivity contribution >= 4 is 5.91 Å². The quantitative estimate of drug-likeness (QED) is 0.810. The van der Waals surface area contributed by atoms with Gasteiger partial charge in [0.05, 0.1) is 6.61 Å². The van der Waals surface area contributed by atoms with Gasteiger partial charge in [0.1, 0.15) is 0 Å². The third-order valence-electron chi connectivity index (χ3n) is 4.45. The van der Waals surface area contributed by atoms with Crippen molar-refractivity contribution in [2.45, 2.75) is 58.0 Å². The highest BCUT2D eigenvalue weighted by Crippen LogP contribution is 2.27. The lowest BCUT2D eigenvalue weighted by Crippen LogP contribution is -2.26. The van der Waals surface area contributed by atoms with E-state index in [1.165, 1.54) is 37.7 Å². The van der Waals surface area contributed by atoms with Crippen LogP contribution in [-0.2, 0) is 17.8 Å². The van der Waals surface area contributed by atoms with E-state index in [0.29, 0.717) is 13.0 Å². The van der Waals surface area contributed by atoms with E-state index < -0.39 is 0 Å². The number of benzene rings is 1. The van der Waals surface area contributed by atoms with Crippen LogP contribution in [0.4, 0.5) is 0 Å². The molecule has 1 aliphatic carbocycles. The van der Waals surface area contributed by atoms with Crippen molar-refractivity contribution in [1.82, 2.24) is 5.32 Å². The maximum absolute atomic E-state index is 11.8. The number of aliphatic hydroxyl groups excluding tert-OH is 1. The van der Waals surface area contributed by atoms with Crippen molar-refractivity contribution in [3.8, 4) is 0 Å². The zero-order valence-corrected chi connectivity index (χ0v) is 12.8. The molecular weight excluding hydrogens is 262 g/mol. The van der Waals surface area contributed by atoms with Crippen molar-refractivity contribution in [1.29, 1.82) is 0 Å². The molecule has 116 valence electrons. The normalized spacial score (nSPS) is 15.9. The molecule has 0 heterocycles. The number of rotatable bonds is 7. The number of aliphatic hydroxyl groups is 1. The average molecular weight is 289 g/mol. The number of carbonyl (C=O) groups excluding carboxylic acids is 1. The first-order chi connectivity index (χ1) is 10.3. The van der Waals surface area contributed by atoms with Gasteiger partial charge < -0.3 is 10.4 Å². The van der Waals surface area contributed by atoms with Gasteiger partial charge in [0.25, 0.3) is 0 Å². The highest BCUT2D eigenvalue weighted by Gasteiger charge is 2.14. The summed E-state index contributed by atoms with van der Waals surface area (Å²) in [6, 6.07) is 7.89. The summed E-state index contributed by atoms with van der Waals surface area (Å²) in [6.07, 6.45) is 9.25. The summed E-state index contributed by atoms with van der Waals surface area (Å²) in [5.41, 5.74) is 2.12. The molecule has 0 aromatic heterocycles. The summed E-state index contributed by atoms with van der Waals surface area (Å²) in [5.74, 6) is 0.961. The van der Waals surface area contributed by atoms with Gasteiger partial charge in [-0.05, 0) is 29.9 Å². The Morgan fingerprint density at radius 3 is 2.43 bits per heavy atom. The second kappa shape index (κ2) is 8.83. The minimum atomic E-state index is 0.0815. The summed E-state index contributed by atoms with van der Waals surface area (Å²) in [5, 5.41) is 12.0. The molecule has 1 aromatic carbocycles. The van der Waals surface area contributed by atoms with Gasteiger partial charge in [0, 0.05) is 13.0 Å². The predicted molar refractivity (Wildman–Crippen MR) is 84.9 cm³/mol. The van der Waals surface area contributed by atoms with Gasteiger partial charge in [-0.3, -0.25) is 4.79 Å². The van der Waals surface area contributed by atoms with E-state index in [0.717, 1.165) is 24.3 Å². The van der Waals surface area contributed by atoms with Crippen molar-refractivity contribution in [3.63, 3.8) is 0 Å². The van der Waals surface area contributed by atoms with Gasteiger partial charge in [0.2, 0.25) is 5.91 Å². The van der Waals surface area contributed by atoms with E-state index in [9.17, 15) is 4.79 Å². The van der Waals surface area contributed by atoms with Crippen molar-refractivity contribution in [2.75, 3.05) is 6.54 Å². The summed E-state index contributed by atoms with van der Waals surface area (Å²) in [7, 11) is 0. The van der Waals surface area contributed by atoms with Crippen molar-refractivity contribution in [3.05, 3.63) is 35.4 Å². The van der Waals surface area contributed by atoms with Crippen LogP contribution in [0.2, 0.25) is 0 Å². The third kappa shape index (κ3) is 5.88. The lowest BCUT2D eigenvalue weighted by Gasteiger charge is -2.20. The van der Waals surface area contributed by atoms with Crippen LogP contribution in [0.5, 0.6) is 0 Å². The largest absolute Gasteiger partial charge is 0.392 e. The van der Waals surface area contributed by atoms with Gasteiger partial charge in [0.15, 0.2) is 0 Å². The minimum Gasteiger partial charge on any atom is -0.392 e. The molecule has 2 rings (SSSR count). The van der Waals surface area contributed by atoms with Crippen LogP contribution in [0, 0.1) is 5.92 Å². The topological polar surface area (TPSA) is 49.3 Å². The zero-order chi connectivity index (χ0) is 14.9. The van der Waals surface area contributed by atoms with Crippen molar-refractivity contribution < 1.29 is 9.90 Å². The Hall–Kier alpha value is -1.35. The van der Waals surface area contributed by atoms with Gasteiger partial charge in [-0.2, -0.15) is 0 Å². The molecule has 0 radical (unpaired) electrons. The molecule has 0 saturated heterocycles. The monoisotopic (exact) mass is 289 g/mol. The van der Waals surface area contributed by atoms with E-state index >= 15 is 0 Å². The second-order valence-electron chi connectivity index (χ2n) is 6.12. The van der Waals surface area contributed by atoms with Crippen LogP contribution in [0.1, 0.15) is 56.1 Å². The van der Waals surface area contributed by atoms with Gasteiger partial charge in [-0.15, -0.1) is 0 Å². The van der Waals surface area contributed by atoms with E-state index in [1.807, 2.05) is 24.3 Å². The Bertz CT molecular complexity index is 421. The maximum atomic E-state index is 11.8. The number of hydrogen-bond donors (Lipinski definition) is 2. The standard InChI is InChI=1S/C18H27NO2/c20-14-17-8-6-16(7-9-17)12-13-19-18(21)11-10-15-4-2-1-3-5-15/h6-9,15,20H,1-5,10-14H2,(H,19,21). The Kier molecular flexibility index (Phi) is 6.74. The first kappa shape index (κ1) is 16.0. The van der Waals surface area contributed by atoms with Crippen LogP contribution in [0.15, 0.2) is 24.3 Å². The predicted octanol–water partition coefficient (Wildman–Crippen LogP) is 3.20. The molecule has 3 nitrogen and oxygen atoms in total. The van der Waals surface area contributed by atoms with Crippen molar-refractivity contribution in [2.24, 2.45) is 5.92 Å². The van der Waals surface area contributed by atoms with Crippen LogP contribution in [0.3, 0.4) is 0 Å². The third-order valence-corrected chi connectivity index (χ3v) is 4.45. The molecule has 1 amide bonds. The summed E-state index contributed by atoms with van der Waals surface area (Å²) in [4.78, 5) is 11.8. The van der Waals surface area contributed by atoms with Crippen LogP contribution >= 0.6 is 0 Å². The lowest BCUT2D eigenvalue weighted by molar-refractivity contribution is -0.121. The molecule has 0 aliphatic heterocycles. The molecular formula is C18H27NO2. The van der Waals surface area contributed by atoms with Crippen LogP contribution < -0.4 is 5.32 Å². The highest BCUT2D eigenvalue weighted by molar-refractivity contribution is 5.75. The molecule has 1 saturated carbocycles. The van der Waals surface area contributed by atoms with Gasteiger partial charge >= 0.3 is 0 Å². The lowest BCUT2D eigenvalue weighted by atomic mass is 9.86. The molecule has 0 spiro atoms. The summed E-state index contributed by atoms with van der Waals surface area (Å²) < 4.78 is 0. The molecule has 21 heavy (non-hydrogen) atoms. The Balaban J connectivity index is 1.59. The molecule has 3 heteroatoms. The van der Waals surface area contributed by atoms with E-state index in [1.54, 1.807) is 0 Å². The summed E-state index contributed by atoms with van der Waals surface area (Å²) >= 11 is 0. The van der Waals surface area contributed by atoms with Gasteiger partial charge in [-0.25, -0.2) is 0 Å². The number of hydrogen-bond acceptors (Lipinski definition) is 2. The molecule has 0 bridgehead atoms. The first-order valence-electron chi connectivity index (χ1n) is 8.23. The number of carbonyl (C=O) groups is 1. The molecule has 0 unspecified atom stereocenters. The first-order valence-corrected chi connectivity index (χ1v) is 8.23. The van der Waals surface area contributed by atoms with E-state index in [2.05, 4.69) is 5.32 Å². The van der Waals surface area contributed by atoms with Crippen LogP contribution in [-0.4, -0.2) is 17.6 Å². The molecule has 1 aliphatic rings. The highest BCUT2D eigenvalue weighted by atomic mass is 16.3. The molecule has 0 atom stereocenters. The van der Waals surface area contributed by atoms with E-state index in [4.69, 9.17) is 5.11 Å². The Labute approximate surface area is 127 Å². The number of amides is 1. The summed E-state index contributed by atoms with van der Waals surface area (Å²) in [6.45, 7) is 0.778. The fourth-order valence-corrected chi connectivity index (χ4v) is 3.06. The zero-order valence-electron chi connectivity index (χ0n) is 12.8. The second-order valence-corrected chi connectivity index (χ2v) is 6.12. The van der Waals surface area contributed by atoms with Gasteiger partial charge in [-0.1, -0.05) is 56.4 Å². The average Bonchev–Trinajstić information content (AvgIpc) is 2.54. The molecule has 2 N–H and O–H groups in total. The minimum absolute atomic E-state index is 0.0815. The Morgan fingerprint density at radius 2 is 1.76 bits per heavy atom.